The second-order valence-electron chi connectivity index (χ2n) is 3.84. The number of rotatable bonds is 5. The maximum absolute atomic E-state index is 11.6. The maximum Gasteiger partial charge on any atom is 0.220 e. The van der Waals surface area contributed by atoms with E-state index in [9.17, 15) is 4.79 Å². The average molecular weight is 229 g/mol. The minimum atomic E-state index is 0.0465. The number of carbonyl (C=O) groups excluding carboxylic acids is 1. The number of nitrogens with one attached hydrogen (secondary N) is 1. The molecule has 0 radical (unpaired) electrons. The Morgan fingerprint density at radius 2 is 1.94 bits per heavy atom. The summed E-state index contributed by atoms with van der Waals surface area (Å²) in [6.07, 6.45) is 2.73. The number of furan rings is 1. The Morgan fingerprint density at radius 3 is 2.65 bits per heavy atom. The van der Waals surface area contributed by atoms with E-state index in [1.807, 2.05) is 42.5 Å². The van der Waals surface area contributed by atoms with Crippen LogP contribution in [0.15, 0.2) is 53.1 Å². The summed E-state index contributed by atoms with van der Waals surface area (Å²) in [5.74, 6) is 0.894. The van der Waals surface area contributed by atoms with Crippen LogP contribution >= 0.6 is 0 Å². The van der Waals surface area contributed by atoms with E-state index in [0.29, 0.717) is 19.4 Å². The van der Waals surface area contributed by atoms with Crippen molar-refractivity contribution in [2.45, 2.75) is 19.4 Å². The van der Waals surface area contributed by atoms with Crippen LogP contribution in [0.3, 0.4) is 0 Å². The molecule has 0 spiro atoms. The lowest BCUT2D eigenvalue weighted by Crippen LogP contribution is -2.22. The zero-order chi connectivity index (χ0) is 11.9. The van der Waals surface area contributed by atoms with E-state index in [1.165, 1.54) is 0 Å². The van der Waals surface area contributed by atoms with Crippen LogP contribution in [0.1, 0.15) is 17.7 Å². The van der Waals surface area contributed by atoms with Crippen LogP contribution in [-0.4, -0.2) is 5.91 Å². The van der Waals surface area contributed by atoms with Gasteiger partial charge in [0.2, 0.25) is 5.91 Å². The molecular formula is C14H15NO2. The van der Waals surface area contributed by atoms with Gasteiger partial charge in [0.1, 0.15) is 5.76 Å². The molecule has 1 aromatic heterocycles. The Morgan fingerprint density at radius 1 is 1.12 bits per heavy atom. The van der Waals surface area contributed by atoms with Crippen molar-refractivity contribution in [3.63, 3.8) is 0 Å². The highest BCUT2D eigenvalue weighted by Crippen LogP contribution is 2.03. The van der Waals surface area contributed by atoms with Crippen LogP contribution in [0.5, 0.6) is 0 Å². The van der Waals surface area contributed by atoms with E-state index in [4.69, 9.17) is 4.42 Å². The van der Waals surface area contributed by atoms with E-state index >= 15 is 0 Å². The third kappa shape index (κ3) is 3.79. The molecule has 88 valence electrons. The van der Waals surface area contributed by atoms with Crippen molar-refractivity contribution in [1.82, 2.24) is 5.32 Å². The molecule has 0 saturated heterocycles. The zero-order valence-electron chi connectivity index (χ0n) is 9.56. The van der Waals surface area contributed by atoms with Crippen molar-refractivity contribution in [1.29, 1.82) is 0 Å². The van der Waals surface area contributed by atoms with E-state index in [2.05, 4.69) is 5.32 Å². The molecule has 3 nitrogen and oxygen atoms in total. The average Bonchev–Trinajstić information content (AvgIpc) is 2.88. The smallest absolute Gasteiger partial charge is 0.220 e. The number of benzene rings is 1. The zero-order valence-corrected chi connectivity index (χ0v) is 9.56. The third-order valence-electron chi connectivity index (χ3n) is 2.51. The van der Waals surface area contributed by atoms with Crippen molar-refractivity contribution in [3.05, 3.63) is 60.1 Å². The molecule has 0 saturated carbocycles. The fraction of sp³-hybridized carbons (Fsp3) is 0.214. The number of amides is 1. The Kier molecular flexibility index (Phi) is 3.97. The Balaban J connectivity index is 1.71. The summed E-state index contributed by atoms with van der Waals surface area (Å²) in [5.41, 5.74) is 1.11. The van der Waals surface area contributed by atoms with Gasteiger partial charge in [-0.25, -0.2) is 0 Å². The number of carbonyl (C=O) groups is 1. The van der Waals surface area contributed by atoms with Gasteiger partial charge in [-0.2, -0.15) is 0 Å². The van der Waals surface area contributed by atoms with Gasteiger partial charge in [-0.05, 0) is 17.7 Å². The minimum Gasteiger partial charge on any atom is -0.469 e. The SMILES string of the molecule is O=C(CCc1ccco1)NCc1ccccc1. The molecule has 1 aromatic carbocycles. The van der Waals surface area contributed by atoms with Crippen LogP contribution < -0.4 is 5.32 Å². The third-order valence-corrected chi connectivity index (χ3v) is 2.51. The Bertz CT molecular complexity index is 448. The predicted molar refractivity (Wildman–Crippen MR) is 65.3 cm³/mol. The van der Waals surface area contributed by atoms with Crippen LogP contribution in [-0.2, 0) is 17.8 Å². The van der Waals surface area contributed by atoms with Gasteiger partial charge in [0.25, 0.3) is 0 Å². The van der Waals surface area contributed by atoms with Gasteiger partial charge >= 0.3 is 0 Å². The monoisotopic (exact) mass is 229 g/mol. The van der Waals surface area contributed by atoms with Gasteiger partial charge < -0.3 is 9.73 Å². The van der Waals surface area contributed by atoms with Crippen LogP contribution in [0.2, 0.25) is 0 Å². The van der Waals surface area contributed by atoms with E-state index in [-0.39, 0.29) is 5.91 Å². The van der Waals surface area contributed by atoms with Crippen LogP contribution in [0.4, 0.5) is 0 Å². The first kappa shape index (κ1) is 11.5. The lowest BCUT2D eigenvalue weighted by atomic mass is 10.2. The number of hydrogen-bond acceptors (Lipinski definition) is 2. The molecule has 0 aliphatic heterocycles. The fourth-order valence-corrected chi connectivity index (χ4v) is 1.58. The summed E-state index contributed by atoms with van der Waals surface area (Å²) in [7, 11) is 0. The minimum absolute atomic E-state index is 0.0465. The molecule has 1 N–H and O–H groups in total. The topological polar surface area (TPSA) is 42.2 Å². The lowest BCUT2D eigenvalue weighted by Gasteiger charge is -2.04. The molecule has 1 amide bonds. The highest BCUT2D eigenvalue weighted by atomic mass is 16.3. The fourth-order valence-electron chi connectivity index (χ4n) is 1.58. The van der Waals surface area contributed by atoms with Gasteiger partial charge in [-0.1, -0.05) is 30.3 Å². The molecule has 17 heavy (non-hydrogen) atoms. The van der Waals surface area contributed by atoms with Gasteiger partial charge in [0.15, 0.2) is 0 Å². The van der Waals surface area contributed by atoms with Gasteiger partial charge in [-0.3, -0.25) is 4.79 Å². The molecule has 0 unspecified atom stereocenters. The normalized spacial score (nSPS) is 10.1. The quantitative estimate of drug-likeness (QED) is 0.856. The molecule has 0 atom stereocenters. The van der Waals surface area contributed by atoms with Crippen molar-refractivity contribution < 1.29 is 9.21 Å². The van der Waals surface area contributed by atoms with Crippen molar-refractivity contribution >= 4 is 5.91 Å². The molecule has 0 aliphatic rings. The van der Waals surface area contributed by atoms with E-state index in [0.717, 1.165) is 11.3 Å². The summed E-state index contributed by atoms with van der Waals surface area (Å²) in [4.78, 5) is 11.6. The van der Waals surface area contributed by atoms with Crippen molar-refractivity contribution in [2.24, 2.45) is 0 Å². The molecule has 1 heterocycles. The molecular weight excluding hydrogens is 214 g/mol. The summed E-state index contributed by atoms with van der Waals surface area (Å²) in [6.45, 7) is 0.581. The molecule has 0 fully saturated rings. The summed E-state index contributed by atoms with van der Waals surface area (Å²) >= 11 is 0. The summed E-state index contributed by atoms with van der Waals surface area (Å²) in [6, 6.07) is 13.6. The van der Waals surface area contributed by atoms with Gasteiger partial charge in [-0.15, -0.1) is 0 Å². The first-order chi connectivity index (χ1) is 8.34. The molecule has 2 rings (SSSR count). The van der Waals surface area contributed by atoms with Crippen LogP contribution in [0, 0.1) is 0 Å². The highest BCUT2D eigenvalue weighted by molar-refractivity contribution is 5.76. The van der Waals surface area contributed by atoms with Crippen molar-refractivity contribution in [3.8, 4) is 0 Å². The predicted octanol–water partition coefficient (Wildman–Crippen LogP) is 2.53. The lowest BCUT2D eigenvalue weighted by molar-refractivity contribution is -0.121. The van der Waals surface area contributed by atoms with Crippen LogP contribution in [0.25, 0.3) is 0 Å². The Labute approximate surface area is 100 Å². The first-order valence-electron chi connectivity index (χ1n) is 5.67. The standard InChI is InChI=1S/C14H15NO2/c16-14(9-8-13-7-4-10-17-13)15-11-12-5-2-1-3-6-12/h1-7,10H,8-9,11H2,(H,15,16). The first-order valence-corrected chi connectivity index (χ1v) is 5.67. The molecule has 0 bridgehead atoms. The highest BCUT2D eigenvalue weighted by Gasteiger charge is 2.03. The van der Waals surface area contributed by atoms with Gasteiger partial charge in [0, 0.05) is 19.4 Å². The van der Waals surface area contributed by atoms with Gasteiger partial charge in [0.05, 0.1) is 6.26 Å². The second-order valence-corrected chi connectivity index (χ2v) is 3.84. The van der Waals surface area contributed by atoms with Crippen molar-refractivity contribution in [2.75, 3.05) is 0 Å². The molecule has 3 heteroatoms. The molecule has 0 aliphatic carbocycles. The second kappa shape index (κ2) is 5.89. The van der Waals surface area contributed by atoms with E-state index in [1.54, 1.807) is 6.26 Å². The largest absolute Gasteiger partial charge is 0.469 e. The summed E-state index contributed by atoms with van der Waals surface area (Å²) in [5, 5.41) is 2.88. The molecule has 2 aromatic rings. The van der Waals surface area contributed by atoms with E-state index < -0.39 is 0 Å². The summed E-state index contributed by atoms with van der Waals surface area (Å²) < 4.78 is 5.17. The number of hydrogen-bond donors (Lipinski definition) is 1. The Hall–Kier alpha value is -2.03. The number of aryl methyl sites for hydroxylation is 1. The maximum atomic E-state index is 11.6.